The molecule has 1 aromatic heterocycles. The molecule has 0 radical (unpaired) electrons. The van der Waals surface area contributed by atoms with Gasteiger partial charge in [-0.2, -0.15) is 0 Å². The molecule has 3 rings (SSSR count). The number of fused-ring (bicyclic) bond motifs is 1. The van der Waals surface area contributed by atoms with Gasteiger partial charge in [0.25, 0.3) is 5.56 Å². The van der Waals surface area contributed by atoms with Crippen molar-refractivity contribution in [3.05, 3.63) is 37.8 Å². The van der Waals surface area contributed by atoms with Crippen molar-refractivity contribution in [1.29, 1.82) is 0 Å². The van der Waals surface area contributed by atoms with E-state index in [2.05, 4.69) is 20.9 Å². The van der Waals surface area contributed by atoms with Crippen LogP contribution in [0.15, 0.2) is 27.5 Å². The Morgan fingerprint density at radius 3 is 3.11 bits per heavy atom. The van der Waals surface area contributed by atoms with Crippen molar-refractivity contribution in [2.24, 2.45) is 0 Å². The lowest BCUT2D eigenvalue weighted by Gasteiger charge is -2.12. The maximum atomic E-state index is 12.5. The minimum atomic E-state index is -0.0597. The van der Waals surface area contributed by atoms with E-state index in [-0.39, 0.29) is 11.7 Å². The average molecular weight is 341 g/mol. The Morgan fingerprint density at radius 2 is 2.37 bits per heavy atom. The van der Waals surface area contributed by atoms with Crippen LogP contribution in [0.25, 0.3) is 10.9 Å². The number of aromatic amines is 1. The summed E-state index contributed by atoms with van der Waals surface area (Å²) >= 11 is 8.66. The van der Waals surface area contributed by atoms with Crippen LogP contribution in [0.5, 0.6) is 0 Å². The summed E-state index contributed by atoms with van der Waals surface area (Å²) in [6.45, 7) is 1.30. The Labute approximate surface area is 123 Å². The summed E-state index contributed by atoms with van der Waals surface area (Å²) < 4.78 is 8.51. The molecule has 0 aliphatic carbocycles. The summed E-state index contributed by atoms with van der Waals surface area (Å²) in [7, 11) is 0. The van der Waals surface area contributed by atoms with Crippen molar-refractivity contribution in [3.8, 4) is 0 Å². The van der Waals surface area contributed by atoms with Gasteiger partial charge < -0.3 is 9.72 Å². The molecule has 0 bridgehead atoms. The van der Waals surface area contributed by atoms with E-state index in [0.29, 0.717) is 16.7 Å². The largest absolute Gasteiger partial charge is 0.376 e. The summed E-state index contributed by atoms with van der Waals surface area (Å²) in [5, 5.41) is 0.640. The molecule has 1 aliphatic heterocycles. The number of halogens is 1. The van der Waals surface area contributed by atoms with Gasteiger partial charge in [0.1, 0.15) is 0 Å². The smallest absolute Gasteiger partial charge is 0.262 e. The first kappa shape index (κ1) is 13.0. The van der Waals surface area contributed by atoms with Crippen molar-refractivity contribution in [2.45, 2.75) is 25.5 Å². The number of hydrogen-bond acceptors (Lipinski definition) is 3. The zero-order chi connectivity index (χ0) is 13.4. The van der Waals surface area contributed by atoms with Crippen LogP contribution >= 0.6 is 28.1 Å². The number of aromatic nitrogens is 2. The number of ether oxygens (including phenoxy) is 1. The average Bonchev–Trinajstić information content (AvgIpc) is 2.89. The molecule has 1 saturated heterocycles. The first-order valence-corrected chi connectivity index (χ1v) is 7.39. The van der Waals surface area contributed by atoms with Crippen LogP contribution in [-0.4, -0.2) is 22.3 Å². The summed E-state index contributed by atoms with van der Waals surface area (Å²) in [6, 6.07) is 5.55. The maximum absolute atomic E-state index is 12.5. The van der Waals surface area contributed by atoms with Gasteiger partial charge in [-0.1, -0.05) is 15.9 Å². The Kier molecular flexibility index (Phi) is 3.56. The van der Waals surface area contributed by atoms with Crippen LogP contribution in [0.2, 0.25) is 0 Å². The van der Waals surface area contributed by atoms with Crippen molar-refractivity contribution in [2.75, 3.05) is 6.61 Å². The molecule has 1 aliphatic rings. The zero-order valence-corrected chi connectivity index (χ0v) is 12.6. The Balaban J connectivity index is 2.13. The molecule has 0 amide bonds. The maximum Gasteiger partial charge on any atom is 0.262 e. The second-order valence-electron chi connectivity index (χ2n) is 4.67. The fourth-order valence-electron chi connectivity index (χ4n) is 2.38. The fraction of sp³-hybridized carbons (Fsp3) is 0.385. The Hall–Kier alpha value is -0.980. The second-order valence-corrected chi connectivity index (χ2v) is 5.97. The molecule has 0 saturated carbocycles. The highest BCUT2D eigenvalue weighted by atomic mass is 79.9. The van der Waals surface area contributed by atoms with Gasteiger partial charge in [0, 0.05) is 11.1 Å². The van der Waals surface area contributed by atoms with Crippen molar-refractivity contribution in [3.63, 3.8) is 0 Å². The van der Waals surface area contributed by atoms with Crippen molar-refractivity contribution in [1.82, 2.24) is 9.55 Å². The van der Waals surface area contributed by atoms with E-state index in [1.165, 1.54) is 0 Å². The third-order valence-electron chi connectivity index (χ3n) is 3.35. The minimum absolute atomic E-state index is 0.0597. The van der Waals surface area contributed by atoms with Gasteiger partial charge in [-0.3, -0.25) is 9.36 Å². The van der Waals surface area contributed by atoms with E-state index >= 15 is 0 Å². The quantitative estimate of drug-likeness (QED) is 0.855. The number of nitrogens with one attached hydrogen (secondary N) is 1. The van der Waals surface area contributed by atoms with E-state index in [1.807, 2.05) is 18.2 Å². The fourth-order valence-corrected chi connectivity index (χ4v) is 3.01. The number of benzene rings is 1. The molecule has 1 unspecified atom stereocenters. The highest BCUT2D eigenvalue weighted by molar-refractivity contribution is 9.10. The van der Waals surface area contributed by atoms with Crippen molar-refractivity contribution >= 4 is 39.1 Å². The molecule has 2 aromatic rings. The first-order valence-electron chi connectivity index (χ1n) is 6.19. The van der Waals surface area contributed by atoms with Crippen molar-refractivity contribution < 1.29 is 4.74 Å². The molecule has 1 atom stereocenters. The molecule has 2 heterocycles. The van der Waals surface area contributed by atoms with E-state index in [0.717, 1.165) is 29.4 Å². The molecule has 0 spiro atoms. The molecule has 4 nitrogen and oxygen atoms in total. The van der Waals surface area contributed by atoms with E-state index in [4.69, 9.17) is 17.0 Å². The molecule has 100 valence electrons. The zero-order valence-electron chi connectivity index (χ0n) is 10.2. The normalized spacial score (nSPS) is 19.1. The molecule has 6 heteroatoms. The van der Waals surface area contributed by atoms with E-state index in [9.17, 15) is 4.79 Å². The highest BCUT2D eigenvalue weighted by Crippen LogP contribution is 2.17. The topological polar surface area (TPSA) is 47.0 Å². The SMILES string of the molecule is O=c1c2cc(Br)ccc2[nH]c(=S)n1CC1CCCO1. The predicted molar refractivity (Wildman–Crippen MR) is 80.1 cm³/mol. The summed E-state index contributed by atoms with van der Waals surface area (Å²) in [4.78, 5) is 15.6. The summed E-state index contributed by atoms with van der Waals surface area (Å²) in [6.07, 6.45) is 2.13. The summed E-state index contributed by atoms with van der Waals surface area (Å²) in [5.74, 6) is 0. The number of nitrogens with zero attached hydrogens (tertiary/aromatic N) is 1. The molecular formula is C13H13BrN2O2S. The molecule has 19 heavy (non-hydrogen) atoms. The van der Waals surface area contributed by atoms with Crippen LogP contribution in [0.3, 0.4) is 0 Å². The Bertz CT molecular complexity index is 731. The lowest BCUT2D eigenvalue weighted by atomic mass is 10.2. The van der Waals surface area contributed by atoms with Crippen LogP contribution < -0.4 is 5.56 Å². The summed E-state index contributed by atoms with van der Waals surface area (Å²) in [5.41, 5.74) is 0.706. The van der Waals surface area contributed by atoms with E-state index in [1.54, 1.807) is 4.57 Å². The van der Waals surface area contributed by atoms with Gasteiger partial charge in [0.2, 0.25) is 0 Å². The molecular weight excluding hydrogens is 328 g/mol. The van der Waals surface area contributed by atoms with Gasteiger partial charge in [0.05, 0.1) is 23.6 Å². The van der Waals surface area contributed by atoms with Crippen LogP contribution in [0.1, 0.15) is 12.8 Å². The van der Waals surface area contributed by atoms with Gasteiger partial charge >= 0.3 is 0 Å². The van der Waals surface area contributed by atoms with E-state index < -0.39 is 0 Å². The molecule has 1 N–H and O–H groups in total. The van der Waals surface area contributed by atoms with Gasteiger partial charge in [-0.05, 0) is 43.3 Å². The van der Waals surface area contributed by atoms with Crippen LogP contribution in [0, 0.1) is 4.77 Å². The van der Waals surface area contributed by atoms with Crippen LogP contribution in [-0.2, 0) is 11.3 Å². The predicted octanol–water partition coefficient (Wildman–Crippen LogP) is 3.00. The van der Waals surface area contributed by atoms with Gasteiger partial charge in [-0.15, -0.1) is 0 Å². The lowest BCUT2D eigenvalue weighted by Crippen LogP contribution is -2.27. The number of H-pyrrole nitrogens is 1. The van der Waals surface area contributed by atoms with Gasteiger partial charge in [0.15, 0.2) is 4.77 Å². The molecule has 1 aromatic carbocycles. The molecule has 1 fully saturated rings. The third-order valence-corrected chi connectivity index (χ3v) is 4.17. The minimum Gasteiger partial charge on any atom is -0.376 e. The second kappa shape index (κ2) is 5.19. The monoisotopic (exact) mass is 340 g/mol. The lowest BCUT2D eigenvalue weighted by molar-refractivity contribution is 0.0957. The van der Waals surface area contributed by atoms with Gasteiger partial charge in [-0.25, -0.2) is 0 Å². The Morgan fingerprint density at radius 1 is 1.53 bits per heavy atom. The number of rotatable bonds is 2. The highest BCUT2D eigenvalue weighted by Gasteiger charge is 2.18. The first-order chi connectivity index (χ1) is 9.15. The third kappa shape index (κ3) is 2.52. The standard InChI is InChI=1S/C13H13BrN2O2S/c14-8-3-4-11-10(6-8)12(17)16(13(19)15-11)7-9-2-1-5-18-9/h3-4,6,9H,1-2,5,7H2,(H,15,19). The number of hydrogen-bond donors (Lipinski definition) is 1. The van der Waals surface area contributed by atoms with Crippen LogP contribution in [0.4, 0.5) is 0 Å².